The predicted molar refractivity (Wildman–Crippen MR) is 65.4 cm³/mol. The molecular weight excluding hydrogens is 236 g/mol. The van der Waals surface area contributed by atoms with Crippen molar-refractivity contribution in [3.8, 4) is 0 Å². The number of nitrogens with zero attached hydrogens (tertiary/aromatic N) is 2. The van der Waals surface area contributed by atoms with E-state index in [0.29, 0.717) is 38.0 Å². The summed E-state index contributed by atoms with van der Waals surface area (Å²) in [6.45, 7) is 5.39. The Balaban J connectivity index is 2.38. The minimum atomic E-state index is -0.485. The summed E-state index contributed by atoms with van der Waals surface area (Å²) in [5.41, 5.74) is 0. The van der Waals surface area contributed by atoms with Gasteiger partial charge in [0, 0.05) is 13.5 Å². The molecule has 2 atom stereocenters. The van der Waals surface area contributed by atoms with Gasteiger partial charge in [-0.2, -0.15) is 4.98 Å². The molecule has 0 aliphatic rings. The lowest BCUT2D eigenvalue weighted by atomic mass is 10.0. The summed E-state index contributed by atoms with van der Waals surface area (Å²) in [5.74, 6) is 1.02. The van der Waals surface area contributed by atoms with Crippen molar-refractivity contribution < 1.29 is 19.1 Å². The maximum absolute atomic E-state index is 9.58. The Kier molecular flexibility index (Phi) is 6.85. The quantitative estimate of drug-likeness (QED) is 0.669. The van der Waals surface area contributed by atoms with Crippen LogP contribution >= 0.6 is 0 Å². The second-order valence-corrected chi connectivity index (χ2v) is 4.16. The van der Waals surface area contributed by atoms with Crippen LogP contribution in [-0.4, -0.2) is 48.3 Å². The third-order valence-electron chi connectivity index (χ3n) is 2.72. The van der Waals surface area contributed by atoms with Crippen LogP contribution in [0.4, 0.5) is 0 Å². The van der Waals surface area contributed by atoms with Crippen LogP contribution in [0.5, 0.6) is 0 Å². The SMILES string of the molecule is CCC(c1nc(CCOCCOC)no1)C(C)O. The molecule has 1 aromatic heterocycles. The summed E-state index contributed by atoms with van der Waals surface area (Å²) in [4.78, 5) is 4.27. The summed E-state index contributed by atoms with van der Waals surface area (Å²) in [6, 6.07) is 0. The Morgan fingerprint density at radius 3 is 2.72 bits per heavy atom. The van der Waals surface area contributed by atoms with Gasteiger partial charge in [-0.15, -0.1) is 0 Å². The van der Waals surface area contributed by atoms with Gasteiger partial charge in [0.2, 0.25) is 5.89 Å². The van der Waals surface area contributed by atoms with Crippen molar-refractivity contribution >= 4 is 0 Å². The number of aliphatic hydroxyl groups excluding tert-OH is 1. The summed E-state index contributed by atoms with van der Waals surface area (Å²) in [7, 11) is 1.63. The van der Waals surface area contributed by atoms with Crippen molar-refractivity contribution in [3.05, 3.63) is 11.7 Å². The van der Waals surface area contributed by atoms with Gasteiger partial charge in [0.05, 0.1) is 31.8 Å². The Morgan fingerprint density at radius 2 is 2.11 bits per heavy atom. The molecule has 0 fully saturated rings. The monoisotopic (exact) mass is 258 g/mol. The molecule has 0 radical (unpaired) electrons. The molecule has 1 N–H and O–H groups in total. The van der Waals surface area contributed by atoms with Gasteiger partial charge in [0.1, 0.15) is 0 Å². The van der Waals surface area contributed by atoms with Crippen molar-refractivity contribution in [1.82, 2.24) is 10.1 Å². The van der Waals surface area contributed by atoms with Gasteiger partial charge in [-0.1, -0.05) is 12.1 Å². The number of hydrogen-bond acceptors (Lipinski definition) is 6. The molecular formula is C12H22N2O4. The number of aliphatic hydroxyl groups is 1. The number of ether oxygens (including phenoxy) is 2. The van der Waals surface area contributed by atoms with E-state index in [1.807, 2.05) is 6.92 Å². The average molecular weight is 258 g/mol. The van der Waals surface area contributed by atoms with Gasteiger partial charge in [-0.3, -0.25) is 0 Å². The van der Waals surface area contributed by atoms with Gasteiger partial charge < -0.3 is 19.1 Å². The van der Waals surface area contributed by atoms with E-state index < -0.39 is 6.10 Å². The van der Waals surface area contributed by atoms with Crippen LogP contribution in [0.1, 0.15) is 37.9 Å². The zero-order valence-corrected chi connectivity index (χ0v) is 11.3. The molecule has 0 saturated carbocycles. The predicted octanol–water partition coefficient (Wildman–Crippen LogP) is 1.15. The van der Waals surface area contributed by atoms with Crippen LogP contribution in [0.25, 0.3) is 0 Å². The fraction of sp³-hybridized carbons (Fsp3) is 0.833. The van der Waals surface area contributed by atoms with Gasteiger partial charge >= 0.3 is 0 Å². The summed E-state index contributed by atoms with van der Waals surface area (Å²) in [5, 5.41) is 13.5. The third kappa shape index (κ3) is 4.72. The fourth-order valence-corrected chi connectivity index (χ4v) is 1.65. The molecule has 1 aromatic rings. The third-order valence-corrected chi connectivity index (χ3v) is 2.72. The molecule has 0 bridgehead atoms. The standard InChI is InChI=1S/C12H22N2O4/c1-4-10(9(2)15)12-13-11(14-18-12)5-6-17-8-7-16-3/h9-10,15H,4-8H2,1-3H3. The molecule has 2 unspecified atom stereocenters. The molecule has 0 aromatic carbocycles. The molecule has 0 spiro atoms. The first-order valence-electron chi connectivity index (χ1n) is 6.26. The largest absolute Gasteiger partial charge is 0.393 e. The molecule has 6 nitrogen and oxygen atoms in total. The smallest absolute Gasteiger partial charge is 0.232 e. The number of rotatable bonds is 9. The van der Waals surface area contributed by atoms with E-state index >= 15 is 0 Å². The lowest BCUT2D eigenvalue weighted by molar-refractivity contribution is 0.0714. The zero-order valence-electron chi connectivity index (χ0n) is 11.3. The Hall–Kier alpha value is -0.980. The van der Waals surface area contributed by atoms with E-state index in [1.165, 1.54) is 0 Å². The lowest BCUT2D eigenvalue weighted by Crippen LogP contribution is -2.14. The maximum Gasteiger partial charge on any atom is 0.232 e. The highest BCUT2D eigenvalue weighted by atomic mass is 16.5. The van der Waals surface area contributed by atoms with Gasteiger partial charge in [-0.05, 0) is 13.3 Å². The molecule has 0 aliphatic carbocycles. The van der Waals surface area contributed by atoms with Crippen LogP contribution in [0.15, 0.2) is 4.52 Å². The van der Waals surface area contributed by atoms with Crippen LogP contribution in [-0.2, 0) is 15.9 Å². The molecule has 6 heteroatoms. The van der Waals surface area contributed by atoms with Crippen molar-refractivity contribution in [2.45, 2.75) is 38.7 Å². The first-order valence-corrected chi connectivity index (χ1v) is 6.26. The number of aromatic nitrogens is 2. The van der Waals surface area contributed by atoms with Crippen LogP contribution in [0, 0.1) is 0 Å². The van der Waals surface area contributed by atoms with E-state index in [4.69, 9.17) is 14.0 Å². The Labute approximate surface area is 107 Å². The van der Waals surface area contributed by atoms with Crippen molar-refractivity contribution in [3.63, 3.8) is 0 Å². The minimum Gasteiger partial charge on any atom is -0.393 e. The molecule has 0 amide bonds. The Bertz CT molecular complexity index is 328. The highest BCUT2D eigenvalue weighted by molar-refractivity contribution is 4.96. The molecule has 104 valence electrons. The van der Waals surface area contributed by atoms with E-state index in [9.17, 15) is 5.11 Å². The molecule has 1 rings (SSSR count). The normalized spacial score (nSPS) is 14.7. The van der Waals surface area contributed by atoms with Gasteiger partial charge in [0.15, 0.2) is 5.82 Å². The number of hydrogen-bond donors (Lipinski definition) is 1. The van der Waals surface area contributed by atoms with Gasteiger partial charge in [0.25, 0.3) is 0 Å². The van der Waals surface area contributed by atoms with E-state index in [0.717, 1.165) is 6.42 Å². The molecule has 0 aliphatic heterocycles. The van der Waals surface area contributed by atoms with E-state index in [1.54, 1.807) is 14.0 Å². The molecule has 0 saturated heterocycles. The summed E-state index contributed by atoms with van der Waals surface area (Å²) < 4.78 is 15.3. The maximum atomic E-state index is 9.58. The highest BCUT2D eigenvalue weighted by Gasteiger charge is 2.21. The van der Waals surface area contributed by atoms with Crippen LogP contribution < -0.4 is 0 Å². The zero-order chi connectivity index (χ0) is 13.4. The lowest BCUT2D eigenvalue weighted by Gasteiger charge is -2.12. The average Bonchev–Trinajstić information content (AvgIpc) is 2.78. The minimum absolute atomic E-state index is 0.0966. The summed E-state index contributed by atoms with van der Waals surface area (Å²) in [6.07, 6.45) is 0.883. The second-order valence-electron chi connectivity index (χ2n) is 4.16. The van der Waals surface area contributed by atoms with Crippen LogP contribution in [0.3, 0.4) is 0 Å². The first-order chi connectivity index (χ1) is 8.69. The van der Waals surface area contributed by atoms with E-state index in [2.05, 4.69) is 10.1 Å². The van der Waals surface area contributed by atoms with Crippen molar-refractivity contribution in [2.75, 3.05) is 26.9 Å². The molecule has 1 heterocycles. The van der Waals surface area contributed by atoms with Crippen molar-refractivity contribution in [2.24, 2.45) is 0 Å². The molecule has 18 heavy (non-hydrogen) atoms. The van der Waals surface area contributed by atoms with E-state index in [-0.39, 0.29) is 5.92 Å². The van der Waals surface area contributed by atoms with Crippen LogP contribution in [0.2, 0.25) is 0 Å². The Morgan fingerprint density at radius 1 is 1.33 bits per heavy atom. The fourth-order valence-electron chi connectivity index (χ4n) is 1.65. The summed E-state index contributed by atoms with van der Waals surface area (Å²) >= 11 is 0. The highest BCUT2D eigenvalue weighted by Crippen LogP contribution is 2.21. The van der Waals surface area contributed by atoms with Gasteiger partial charge in [-0.25, -0.2) is 0 Å². The second kappa shape index (κ2) is 8.18. The topological polar surface area (TPSA) is 77.6 Å². The number of methoxy groups -OCH3 is 1. The first kappa shape index (κ1) is 15.1. The van der Waals surface area contributed by atoms with Crippen molar-refractivity contribution in [1.29, 1.82) is 0 Å².